The topological polar surface area (TPSA) is 15.3 Å². The van der Waals surface area contributed by atoms with Crippen LogP contribution in [0.3, 0.4) is 0 Å². The molecule has 102 valence electrons. The van der Waals surface area contributed by atoms with E-state index < -0.39 is 0 Å². The third-order valence-corrected chi connectivity index (χ3v) is 3.83. The van der Waals surface area contributed by atoms with Crippen molar-refractivity contribution < 1.29 is 0 Å². The quantitative estimate of drug-likeness (QED) is 0.794. The largest absolute Gasteiger partial charge is 0.311 e. The Morgan fingerprint density at radius 2 is 1.76 bits per heavy atom. The van der Waals surface area contributed by atoms with Crippen LogP contribution in [0, 0.1) is 11.8 Å². The number of piperazine rings is 1. The molecule has 1 aliphatic heterocycles. The Balaban J connectivity index is 2.50. The number of rotatable bonds is 5. The Bertz CT molecular complexity index is 213. The van der Waals surface area contributed by atoms with E-state index in [9.17, 15) is 0 Å². The highest BCUT2D eigenvalue weighted by Gasteiger charge is 2.28. The summed E-state index contributed by atoms with van der Waals surface area (Å²) in [4.78, 5) is 2.71. The van der Waals surface area contributed by atoms with Crippen molar-refractivity contribution in [3.8, 4) is 0 Å². The van der Waals surface area contributed by atoms with Crippen LogP contribution < -0.4 is 5.32 Å². The van der Waals surface area contributed by atoms with Crippen LogP contribution in [0.15, 0.2) is 0 Å². The minimum Gasteiger partial charge on any atom is -0.311 e. The van der Waals surface area contributed by atoms with Crippen LogP contribution in [-0.2, 0) is 0 Å². The van der Waals surface area contributed by atoms with Crippen LogP contribution in [-0.4, -0.2) is 36.1 Å². The molecule has 0 saturated carbocycles. The van der Waals surface area contributed by atoms with E-state index in [0.29, 0.717) is 12.1 Å². The molecule has 0 spiro atoms. The first-order valence-corrected chi connectivity index (χ1v) is 7.39. The molecule has 0 amide bonds. The Kier molecular flexibility index (Phi) is 5.94. The average molecular weight is 240 g/mol. The minimum absolute atomic E-state index is 0.687. The molecule has 17 heavy (non-hydrogen) atoms. The molecular weight excluding hydrogens is 208 g/mol. The lowest BCUT2D eigenvalue weighted by Crippen LogP contribution is -2.58. The lowest BCUT2D eigenvalue weighted by atomic mass is 9.96. The van der Waals surface area contributed by atoms with Crippen molar-refractivity contribution in [3.63, 3.8) is 0 Å². The molecule has 1 rings (SSSR count). The SMILES string of the molecule is CC(C)CC1CN(C(C)CC(C)C)C(C)CN1. The van der Waals surface area contributed by atoms with E-state index in [0.717, 1.165) is 24.4 Å². The maximum absolute atomic E-state index is 3.70. The lowest BCUT2D eigenvalue weighted by molar-refractivity contribution is 0.0823. The molecular formula is C15H32N2. The molecule has 1 fully saturated rings. The van der Waals surface area contributed by atoms with Crippen LogP contribution in [0.5, 0.6) is 0 Å². The smallest absolute Gasteiger partial charge is 0.0198 e. The molecule has 1 heterocycles. The van der Waals surface area contributed by atoms with Crippen LogP contribution in [0.25, 0.3) is 0 Å². The van der Waals surface area contributed by atoms with Crippen LogP contribution in [0.2, 0.25) is 0 Å². The number of hydrogen-bond acceptors (Lipinski definition) is 2. The van der Waals surface area contributed by atoms with E-state index in [4.69, 9.17) is 0 Å². The minimum atomic E-state index is 0.687. The van der Waals surface area contributed by atoms with Gasteiger partial charge in [-0.1, -0.05) is 27.7 Å². The van der Waals surface area contributed by atoms with Gasteiger partial charge in [0.05, 0.1) is 0 Å². The molecule has 3 unspecified atom stereocenters. The van der Waals surface area contributed by atoms with Crippen molar-refractivity contribution >= 4 is 0 Å². The summed E-state index contributed by atoms with van der Waals surface area (Å²) in [6.45, 7) is 16.4. The van der Waals surface area contributed by atoms with Crippen LogP contribution in [0.1, 0.15) is 54.4 Å². The second-order valence-electron chi connectivity index (χ2n) is 6.76. The van der Waals surface area contributed by atoms with Crippen molar-refractivity contribution in [2.75, 3.05) is 13.1 Å². The van der Waals surface area contributed by atoms with Crippen molar-refractivity contribution in [3.05, 3.63) is 0 Å². The van der Waals surface area contributed by atoms with E-state index in [1.165, 1.54) is 19.4 Å². The molecule has 2 heteroatoms. The number of nitrogens with one attached hydrogen (secondary N) is 1. The summed E-state index contributed by atoms with van der Waals surface area (Å²) in [6, 6.07) is 2.11. The van der Waals surface area contributed by atoms with E-state index in [2.05, 4.69) is 51.8 Å². The van der Waals surface area contributed by atoms with Gasteiger partial charge in [0.2, 0.25) is 0 Å². The molecule has 0 aliphatic carbocycles. The molecule has 0 aromatic carbocycles. The fraction of sp³-hybridized carbons (Fsp3) is 1.00. The second-order valence-corrected chi connectivity index (χ2v) is 6.76. The molecule has 0 aromatic heterocycles. The second kappa shape index (κ2) is 6.75. The first-order valence-electron chi connectivity index (χ1n) is 7.39. The van der Waals surface area contributed by atoms with Crippen molar-refractivity contribution in [1.82, 2.24) is 10.2 Å². The maximum Gasteiger partial charge on any atom is 0.0198 e. The van der Waals surface area contributed by atoms with Gasteiger partial charge in [-0.25, -0.2) is 0 Å². The van der Waals surface area contributed by atoms with Gasteiger partial charge in [0.25, 0.3) is 0 Å². The van der Waals surface area contributed by atoms with E-state index in [1.807, 2.05) is 0 Å². The Hall–Kier alpha value is -0.0800. The zero-order valence-electron chi connectivity index (χ0n) is 12.7. The summed E-state index contributed by atoms with van der Waals surface area (Å²) >= 11 is 0. The highest BCUT2D eigenvalue weighted by molar-refractivity contribution is 4.87. The highest BCUT2D eigenvalue weighted by Crippen LogP contribution is 2.19. The molecule has 1 saturated heterocycles. The first-order chi connectivity index (χ1) is 7.90. The molecule has 0 bridgehead atoms. The van der Waals surface area contributed by atoms with Gasteiger partial charge < -0.3 is 5.32 Å². The van der Waals surface area contributed by atoms with Crippen molar-refractivity contribution in [2.24, 2.45) is 11.8 Å². The monoisotopic (exact) mass is 240 g/mol. The first kappa shape index (κ1) is 15.0. The van der Waals surface area contributed by atoms with Gasteiger partial charge in [-0.2, -0.15) is 0 Å². The molecule has 1 N–H and O–H groups in total. The molecule has 1 aliphatic rings. The fourth-order valence-electron chi connectivity index (χ4n) is 3.11. The Morgan fingerprint density at radius 1 is 1.12 bits per heavy atom. The Labute approximate surface area is 108 Å². The average Bonchev–Trinajstić information content (AvgIpc) is 2.19. The zero-order chi connectivity index (χ0) is 13.0. The third-order valence-electron chi connectivity index (χ3n) is 3.83. The van der Waals surface area contributed by atoms with E-state index >= 15 is 0 Å². The molecule has 0 aromatic rings. The van der Waals surface area contributed by atoms with Gasteiger partial charge in [-0.15, -0.1) is 0 Å². The maximum atomic E-state index is 3.70. The molecule has 2 nitrogen and oxygen atoms in total. The van der Waals surface area contributed by atoms with Crippen molar-refractivity contribution in [1.29, 1.82) is 0 Å². The number of hydrogen-bond donors (Lipinski definition) is 1. The normalized spacial score (nSPS) is 28.9. The zero-order valence-corrected chi connectivity index (χ0v) is 12.7. The molecule has 3 atom stereocenters. The lowest BCUT2D eigenvalue weighted by Gasteiger charge is -2.43. The van der Waals surface area contributed by atoms with Crippen molar-refractivity contribution in [2.45, 2.75) is 72.5 Å². The van der Waals surface area contributed by atoms with E-state index in [1.54, 1.807) is 0 Å². The van der Waals surface area contributed by atoms with Crippen LogP contribution in [0.4, 0.5) is 0 Å². The predicted octanol–water partition coefficient (Wildman–Crippen LogP) is 3.13. The van der Waals surface area contributed by atoms with Gasteiger partial charge in [-0.3, -0.25) is 4.90 Å². The number of nitrogens with zero attached hydrogens (tertiary/aromatic N) is 1. The standard InChI is InChI=1S/C15H32N2/c1-11(2)7-13(5)17-10-15(8-12(3)4)16-9-14(17)6/h11-16H,7-10H2,1-6H3. The summed E-state index contributed by atoms with van der Waals surface area (Å²) < 4.78 is 0. The summed E-state index contributed by atoms with van der Waals surface area (Å²) in [5, 5.41) is 3.70. The van der Waals surface area contributed by atoms with Gasteiger partial charge in [0.15, 0.2) is 0 Å². The predicted molar refractivity (Wildman–Crippen MR) is 76.3 cm³/mol. The van der Waals surface area contributed by atoms with Gasteiger partial charge in [0, 0.05) is 31.2 Å². The fourth-order valence-corrected chi connectivity index (χ4v) is 3.11. The summed E-state index contributed by atoms with van der Waals surface area (Å²) in [6.07, 6.45) is 2.62. The summed E-state index contributed by atoms with van der Waals surface area (Å²) in [7, 11) is 0. The van der Waals surface area contributed by atoms with Crippen LogP contribution >= 0.6 is 0 Å². The van der Waals surface area contributed by atoms with E-state index in [-0.39, 0.29) is 0 Å². The Morgan fingerprint density at radius 3 is 2.29 bits per heavy atom. The highest BCUT2D eigenvalue weighted by atomic mass is 15.2. The van der Waals surface area contributed by atoms with Gasteiger partial charge in [-0.05, 0) is 38.5 Å². The van der Waals surface area contributed by atoms with Gasteiger partial charge in [0.1, 0.15) is 0 Å². The van der Waals surface area contributed by atoms with Gasteiger partial charge >= 0.3 is 0 Å². The summed E-state index contributed by atoms with van der Waals surface area (Å²) in [5.41, 5.74) is 0. The third kappa shape index (κ3) is 4.97. The molecule has 0 radical (unpaired) electrons. The summed E-state index contributed by atoms with van der Waals surface area (Å²) in [5.74, 6) is 1.60.